The van der Waals surface area contributed by atoms with Gasteiger partial charge in [-0.25, -0.2) is 9.97 Å². The maximum atomic E-state index is 5.89. The highest BCUT2D eigenvalue weighted by Crippen LogP contribution is 2.45. The summed E-state index contributed by atoms with van der Waals surface area (Å²) >= 11 is 0. The molecular weight excluding hydrogens is 260 g/mol. The Labute approximate surface area is 128 Å². The Balaban J connectivity index is 1.98. The fourth-order valence-corrected chi connectivity index (χ4v) is 4.40. The van der Waals surface area contributed by atoms with Gasteiger partial charge in [-0.2, -0.15) is 0 Å². The summed E-state index contributed by atoms with van der Waals surface area (Å²) in [6.07, 6.45) is 6.65. The van der Waals surface area contributed by atoms with Crippen LogP contribution in [-0.4, -0.2) is 29.1 Å². The Kier molecular flexibility index (Phi) is 3.47. The van der Waals surface area contributed by atoms with Crippen molar-refractivity contribution < 1.29 is 0 Å². The van der Waals surface area contributed by atoms with Crippen LogP contribution >= 0.6 is 0 Å². The van der Waals surface area contributed by atoms with E-state index in [2.05, 4.69) is 43.8 Å². The zero-order valence-corrected chi connectivity index (χ0v) is 13.8. The highest BCUT2D eigenvalue weighted by molar-refractivity contribution is 5.40. The van der Waals surface area contributed by atoms with E-state index in [0.717, 1.165) is 25.3 Å². The number of aromatic nitrogens is 2. The Morgan fingerprint density at radius 1 is 1.33 bits per heavy atom. The molecule has 2 N–H and O–H groups in total. The van der Waals surface area contributed by atoms with Gasteiger partial charge in [0, 0.05) is 25.3 Å². The van der Waals surface area contributed by atoms with Crippen molar-refractivity contribution in [2.75, 3.05) is 18.0 Å². The minimum atomic E-state index is 0.161. The van der Waals surface area contributed by atoms with Crippen LogP contribution in [0.5, 0.6) is 0 Å². The summed E-state index contributed by atoms with van der Waals surface area (Å²) in [6, 6.07) is 0.410. The maximum absolute atomic E-state index is 5.89. The molecule has 3 rings (SSSR count). The molecule has 1 aromatic heterocycles. The molecule has 4 nitrogen and oxygen atoms in total. The van der Waals surface area contributed by atoms with Gasteiger partial charge in [-0.15, -0.1) is 0 Å². The molecule has 1 unspecified atom stereocenters. The normalized spacial score (nSPS) is 26.7. The minimum Gasteiger partial charge on any atom is -0.337 e. The van der Waals surface area contributed by atoms with E-state index in [1.165, 1.54) is 24.1 Å². The molecule has 0 amide bonds. The lowest BCUT2D eigenvalue weighted by molar-refractivity contribution is 0.227. The molecule has 0 spiro atoms. The SMILES string of the molecule is CC1(C)Cc2nc(N3CCCC3CN)ncc2C(C)(C)C1. The van der Waals surface area contributed by atoms with Crippen molar-refractivity contribution in [2.45, 2.75) is 64.8 Å². The Morgan fingerprint density at radius 2 is 2.10 bits per heavy atom. The van der Waals surface area contributed by atoms with E-state index in [0.29, 0.717) is 18.0 Å². The van der Waals surface area contributed by atoms with E-state index in [-0.39, 0.29) is 5.41 Å². The molecule has 1 aliphatic carbocycles. The molecule has 0 aromatic carbocycles. The van der Waals surface area contributed by atoms with Gasteiger partial charge in [0.05, 0.1) is 5.69 Å². The van der Waals surface area contributed by atoms with Gasteiger partial charge in [0.1, 0.15) is 0 Å². The number of hydrogen-bond donors (Lipinski definition) is 1. The van der Waals surface area contributed by atoms with Crippen LogP contribution in [0, 0.1) is 5.41 Å². The van der Waals surface area contributed by atoms with E-state index in [1.807, 2.05) is 0 Å². The average Bonchev–Trinajstić information content (AvgIpc) is 2.83. The van der Waals surface area contributed by atoms with E-state index in [4.69, 9.17) is 10.7 Å². The standard InChI is InChI=1S/C17H28N4/c1-16(2)8-14-13(17(3,4)11-16)10-19-15(20-14)21-7-5-6-12(21)9-18/h10,12H,5-9,11,18H2,1-4H3. The lowest BCUT2D eigenvalue weighted by Crippen LogP contribution is -2.39. The smallest absolute Gasteiger partial charge is 0.225 e. The second kappa shape index (κ2) is 4.94. The first-order valence-corrected chi connectivity index (χ1v) is 8.15. The van der Waals surface area contributed by atoms with Gasteiger partial charge in [0.15, 0.2) is 0 Å². The monoisotopic (exact) mass is 288 g/mol. The summed E-state index contributed by atoms with van der Waals surface area (Å²) in [5.74, 6) is 0.884. The van der Waals surface area contributed by atoms with Crippen molar-refractivity contribution >= 4 is 5.95 Å². The van der Waals surface area contributed by atoms with Crippen LogP contribution in [0.2, 0.25) is 0 Å². The van der Waals surface area contributed by atoms with Gasteiger partial charge in [-0.1, -0.05) is 27.7 Å². The Hall–Kier alpha value is -1.16. The van der Waals surface area contributed by atoms with Crippen molar-refractivity contribution in [1.82, 2.24) is 9.97 Å². The summed E-state index contributed by atoms with van der Waals surface area (Å²) in [5, 5.41) is 0. The van der Waals surface area contributed by atoms with Gasteiger partial charge in [-0.3, -0.25) is 0 Å². The molecule has 1 aromatic rings. The lowest BCUT2D eigenvalue weighted by atomic mass is 9.64. The number of anilines is 1. The first-order chi connectivity index (χ1) is 9.82. The van der Waals surface area contributed by atoms with E-state index >= 15 is 0 Å². The number of nitrogens with zero attached hydrogens (tertiary/aromatic N) is 3. The summed E-state index contributed by atoms with van der Waals surface area (Å²) in [4.78, 5) is 11.9. The van der Waals surface area contributed by atoms with Crippen LogP contribution < -0.4 is 10.6 Å². The summed E-state index contributed by atoms with van der Waals surface area (Å²) in [6.45, 7) is 11.0. The molecule has 0 bridgehead atoms. The molecule has 21 heavy (non-hydrogen) atoms. The van der Waals surface area contributed by atoms with E-state index < -0.39 is 0 Å². The molecule has 4 heteroatoms. The molecule has 2 aliphatic rings. The predicted octanol–water partition coefficient (Wildman–Crippen LogP) is 2.65. The number of fused-ring (bicyclic) bond motifs is 1. The van der Waals surface area contributed by atoms with Crippen LogP contribution in [-0.2, 0) is 11.8 Å². The second-order valence-electron chi connectivity index (χ2n) is 8.16. The summed E-state index contributed by atoms with van der Waals surface area (Å²) in [7, 11) is 0. The first-order valence-electron chi connectivity index (χ1n) is 8.15. The number of nitrogens with two attached hydrogens (primary N) is 1. The van der Waals surface area contributed by atoms with Crippen molar-refractivity contribution in [1.29, 1.82) is 0 Å². The van der Waals surface area contributed by atoms with E-state index in [1.54, 1.807) is 0 Å². The highest BCUT2D eigenvalue weighted by atomic mass is 15.3. The van der Waals surface area contributed by atoms with Crippen LogP contribution in [0.25, 0.3) is 0 Å². The first kappa shape index (κ1) is 14.8. The number of hydrogen-bond acceptors (Lipinski definition) is 4. The third-order valence-corrected chi connectivity index (χ3v) is 5.06. The quantitative estimate of drug-likeness (QED) is 0.909. The molecule has 0 saturated carbocycles. The van der Waals surface area contributed by atoms with Gasteiger partial charge in [0.2, 0.25) is 5.95 Å². The van der Waals surface area contributed by atoms with Crippen LogP contribution in [0.15, 0.2) is 6.20 Å². The highest BCUT2D eigenvalue weighted by Gasteiger charge is 2.39. The van der Waals surface area contributed by atoms with Gasteiger partial charge in [-0.05, 0) is 42.1 Å². The zero-order valence-electron chi connectivity index (χ0n) is 13.8. The van der Waals surface area contributed by atoms with Gasteiger partial charge < -0.3 is 10.6 Å². The molecular formula is C17H28N4. The average molecular weight is 288 g/mol. The fraction of sp³-hybridized carbons (Fsp3) is 0.765. The predicted molar refractivity (Wildman–Crippen MR) is 86.6 cm³/mol. The van der Waals surface area contributed by atoms with E-state index in [9.17, 15) is 0 Å². The third-order valence-electron chi connectivity index (χ3n) is 5.06. The molecule has 1 aliphatic heterocycles. The van der Waals surface area contributed by atoms with Gasteiger partial charge >= 0.3 is 0 Å². The van der Waals surface area contributed by atoms with Crippen LogP contribution in [0.1, 0.15) is 58.2 Å². The summed E-state index contributed by atoms with van der Waals surface area (Å²) in [5.41, 5.74) is 8.92. The zero-order chi connectivity index (χ0) is 15.3. The molecule has 2 heterocycles. The molecule has 0 radical (unpaired) electrons. The van der Waals surface area contributed by atoms with Gasteiger partial charge in [0.25, 0.3) is 0 Å². The summed E-state index contributed by atoms with van der Waals surface area (Å²) < 4.78 is 0. The van der Waals surface area contributed by atoms with Crippen molar-refractivity contribution in [3.05, 3.63) is 17.5 Å². The third kappa shape index (κ3) is 2.66. The second-order valence-corrected chi connectivity index (χ2v) is 8.16. The fourth-order valence-electron chi connectivity index (χ4n) is 4.40. The van der Waals surface area contributed by atoms with Crippen LogP contribution in [0.4, 0.5) is 5.95 Å². The molecule has 116 valence electrons. The Bertz CT molecular complexity index is 536. The molecule has 1 atom stereocenters. The minimum absolute atomic E-state index is 0.161. The Morgan fingerprint density at radius 3 is 2.81 bits per heavy atom. The van der Waals surface area contributed by atoms with Crippen molar-refractivity contribution in [3.63, 3.8) is 0 Å². The topological polar surface area (TPSA) is 55.0 Å². The maximum Gasteiger partial charge on any atom is 0.225 e. The van der Waals surface area contributed by atoms with Crippen molar-refractivity contribution in [2.24, 2.45) is 11.1 Å². The van der Waals surface area contributed by atoms with Crippen molar-refractivity contribution in [3.8, 4) is 0 Å². The largest absolute Gasteiger partial charge is 0.337 e. The van der Waals surface area contributed by atoms with Crippen LogP contribution in [0.3, 0.4) is 0 Å². The number of rotatable bonds is 2. The lowest BCUT2D eigenvalue weighted by Gasteiger charge is -2.41. The molecule has 1 saturated heterocycles. The molecule has 1 fully saturated rings.